The Morgan fingerprint density at radius 3 is 2.65 bits per heavy atom. The molecule has 0 spiro atoms. The molecule has 100 valence electrons. The highest BCUT2D eigenvalue weighted by atomic mass is 19.4. The van der Waals surface area contributed by atoms with Gasteiger partial charge in [-0.25, -0.2) is 0 Å². The summed E-state index contributed by atoms with van der Waals surface area (Å²) >= 11 is 0. The Labute approximate surface area is 98.3 Å². The zero-order valence-corrected chi connectivity index (χ0v) is 9.74. The lowest BCUT2D eigenvalue weighted by Crippen LogP contribution is -2.43. The molecule has 0 aliphatic carbocycles. The molecular formula is C10H18F3N3O. The SMILES string of the molecule is CCC1CCN(CC(C(N)=NO)C(F)(F)F)C1. The van der Waals surface area contributed by atoms with Gasteiger partial charge >= 0.3 is 6.18 Å². The molecule has 2 unspecified atom stereocenters. The van der Waals surface area contributed by atoms with Crippen molar-refractivity contribution in [1.82, 2.24) is 4.90 Å². The number of hydrogen-bond acceptors (Lipinski definition) is 3. The normalized spacial score (nSPS) is 25.2. The first kappa shape index (κ1) is 14.1. The van der Waals surface area contributed by atoms with Gasteiger partial charge in [-0.3, -0.25) is 0 Å². The van der Waals surface area contributed by atoms with E-state index in [-0.39, 0.29) is 6.54 Å². The van der Waals surface area contributed by atoms with Crippen LogP contribution < -0.4 is 5.73 Å². The van der Waals surface area contributed by atoms with E-state index in [1.54, 1.807) is 4.90 Å². The summed E-state index contributed by atoms with van der Waals surface area (Å²) in [5.41, 5.74) is 5.10. The second-order valence-corrected chi connectivity index (χ2v) is 4.44. The van der Waals surface area contributed by atoms with Crippen LogP contribution in [0.25, 0.3) is 0 Å². The predicted octanol–water partition coefficient (Wildman–Crippen LogP) is 1.64. The van der Waals surface area contributed by atoms with Crippen molar-refractivity contribution < 1.29 is 18.4 Å². The summed E-state index contributed by atoms with van der Waals surface area (Å²) in [6, 6.07) is 0. The van der Waals surface area contributed by atoms with Crippen LogP contribution in [0.15, 0.2) is 5.16 Å². The highest BCUT2D eigenvalue weighted by Crippen LogP contribution is 2.29. The number of halogens is 3. The maximum atomic E-state index is 12.7. The van der Waals surface area contributed by atoms with Gasteiger partial charge in [0.1, 0.15) is 5.92 Å². The number of nitrogens with zero attached hydrogens (tertiary/aromatic N) is 2. The smallest absolute Gasteiger partial charge is 0.400 e. The first-order chi connectivity index (χ1) is 7.88. The van der Waals surface area contributed by atoms with Gasteiger partial charge in [0.05, 0.1) is 0 Å². The van der Waals surface area contributed by atoms with Gasteiger partial charge in [0.25, 0.3) is 0 Å². The Morgan fingerprint density at radius 1 is 1.59 bits per heavy atom. The van der Waals surface area contributed by atoms with E-state index in [4.69, 9.17) is 10.9 Å². The Hall–Kier alpha value is -0.980. The van der Waals surface area contributed by atoms with Crippen molar-refractivity contribution in [2.24, 2.45) is 22.7 Å². The Kier molecular flexibility index (Phi) is 4.62. The van der Waals surface area contributed by atoms with Crippen molar-refractivity contribution in [1.29, 1.82) is 0 Å². The topological polar surface area (TPSA) is 61.8 Å². The van der Waals surface area contributed by atoms with E-state index in [9.17, 15) is 13.2 Å². The molecule has 3 N–H and O–H groups in total. The van der Waals surface area contributed by atoms with Crippen LogP contribution in [0.4, 0.5) is 13.2 Å². The van der Waals surface area contributed by atoms with Gasteiger partial charge in [0.2, 0.25) is 0 Å². The van der Waals surface area contributed by atoms with E-state index in [1.807, 2.05) is 6.92 Å². The molecule has 0 bridgehead atoms. The molecule has 0 amide bonds. The molecule has 17 heavy (non-hydrogen) atoms. The number of likely N-dealkylation sites (tertiary alicyclic amines) is 1. The average Bonchev–Trinajstić information content (AvgIpc) is 2.71. The summed E-state index contributed by atoms with van der Waals surface area (Å²) in [6.07, 6.45) is -2.59. The van der Waals surface area contributed by atoms with E-state index in [0.717, 1.165) is 12.8 Å². The van der Waals surface area contributed by atoms with Gasteiger partial charge in [0.15, 0.2) is 5.84 Å². The third-order valence-corrected chi connectivity index (χ3v) is 3.26. The van der Waals surface area contributed by atoms with Gasteiger partial charge in [-0.05, 0) is 18.9 Å². The Bertz CT molecular complexity index is 280. The van der Waals surface area contributed by atoms with E-state index in [2.05, 4.69) is 5.16 Å². The summed E-state index contributed by atoms with van der Waals surface area (Å²) in [5.74, 6) is -2.20. The lowest BCUT2D eigenvalue weighted by atomic mass is 10.1. The fourth-order valence-corrected chi connectivity index (χ4v) is 2.10. The fraction of sp³-hybridized carbons (Fsp3) is 0.900. The number of amidine groups is 1. The maximum Gasteiger partial charge on any atom is 0.400 e. The molecule has 0 aromatic carbocycles. The zero-order valence-electron chi connectivity index (χ0n) is 9.74. The predicted molar refractivity (Wildman–Crippen MR) is 57.8 cm³/mol. The van der Waals surface area contributed by atoms with E-state index < -0.39 is 17.9 Å². The second kappa shape index (κ2) is 5.57. The number of alkyl halides is 3. The minimum absolute atomic E-state index is 0.226. The molecule has 0 aromatic rings. The fourth-order valence-electron chi connectivity index (χ4n) is 2.10. The monoisotopic (exact) mass is 253 g/mol. The summed E-state index contributed by atoms with van der Waals surface area (Å²) in [7, 11) is 0. The standard InChI is InChI=1S/C10H18F3N3O/c1-2-7-3-4-16(5-7)6-8(9(14)15-17)10(11,12)13/h7-8,17H,2-6H2,1H3,(H2,14,15). The first-order valence-electron chi connectivity index (χ1n) is 5.65. The lowest BCUT2D eigenvalue weighted by Gasteiger charge is -2.24. The van der Waals surface area contributed by atoms with Crippen molar-refractivity contribution in [3.05, 3.63) is 0 Å². The molecule has 2 atom stereocenters. The van der Waals surface area contributed by atoms with Crippen LogP contribution >= 0.6 is 0 Å². The zero-order chi connectivity index (χ0) is 13.1. The summed E-state index contributed by atoms with van der Waals surface area (Å²) < 4.78 is 38.1. The van der Waals surface area contributed by atoms with Gasteiger partial charge in [-0.2, -0.15) is 13.2 Å². The van der Waals surface area contributed by atoms with Crippen LogP contribution in [0.1, 0.15) is 19.8 Å². The van der Waals surface area contributed by atoms with Crippen molar-refractivity contribution in [3.63, 3.8) is 0 Å². The summed E-state index contributed by atoms with van der Waals surface area (Å²) in [4.78, 5) is 1.73. The third kappa shape index (κ3) is 3.76. The molecule has 1 rings (SSSR count). The maximum absolute atomic E-state index is 12.7. The Morgan fingerprint density at radius 2 is 2.24 bits per heavy atom. The molecule has 1 saturated heterocycles. The van der Waals surface area contributed by atoms with Crippen LogP contribution in [0, 0.1) is 11.8 Å². The highest BCUT2D eigenvalue weighted by molar-refractivity contribution is 5.83. The molecule has 1 aliphatic heterocycles. The molecule has 1 heterocycles. The number of hydrogen-bond donors (Lipinski definition) is 2. The summed E-state index contributed by atoms with van der Waals surface area (Å²) in [5, 5.41) is 10.9. The van der Waals surface area contributed by atoms with E-state index in [1.165, 1.54) is 0 Å². The minimum Gasteiger partial charge on any atom is -0.409 e. The number of rotatable bonds is 4. The van der Waals surface area contributed by atoms with E-state index in [0.29, 0.717) is 19.0 Å². The van der Waals surface area contributed by atoms with Gasteiger partial charge in [-0.15, -0.1) is 0 Å². The van der Waals surface area contributed by atoms with Crippen molar-refractivity contribution in [2.75, 3.05) is 19.6 Å². The molecule has 1 fully saturated rings. The van der Waals surface area contributed by atoms with Crippen LogP contribution in [-0.4, -0.2) is 41.8 Å². The number of oxime groups is 1. The van der Waals surface area contributed by atoms with Gasteiger partial charge in [-0.1, -0.05) is 18.5 Å². The first-order valence-corrected chi connectivity index (χ1v) is 5.65. The van der Waals surface area contributed by atoms with Crippen molar-refractivity contribution in [2.45, 2.75) is 25.9 Å². The van der Waals surface area contributed by atoms with Crippen LogP contribution in [-0.2, 0) is 0 Å². The highest BCUT2D eigenvalue weighted by Gasteiger charge is 2.44. The Balaban J connectivity index is 2.62. The van der Waals surface area contributed by atoms with E-state index >= 15 is 0 Å². The lowest BCUT2D eigenvalue weighted by molar-refractivity contribution is -0.159. The molecule has 1 aliphatic rings. The second-order valence-electron chi connectivity index (χ2n) is 4.44. The quantitative estimate of drug-likeness (QED) is 0.346. The van der Waals surface area contributed by atoms with Crippen LogP contribution in [0.5, 0.6) is 0 Å². The van der Waals surface area contributed by atoms with Crippen LogP contribution in [0.3, 0.4) is 0 Å². The molecule has 0 saturated carbocycles. The van der Waals surface area contributed by atoms with Crippen molar-refractivity contribution >= 4 is 5.84 Å². The largest absolute Gasteiger partial charge is 0.409 e. The van der Waals surface area contributed by atoms with Gasteiger partial charge in [0, 0.05) is 13.1 Å². The summed E-state index contributed by atoms with van der Waals surface area (Å²) in [6.45, 7) is 3.10. The molecule has 0 aromatic heterocycles. The third-order valence-electron chi connectivity index (χ3n) is 3.26. The average molecular weight is 253 g/mol. The molecule has 7 heteroatoms. The molecule has 4 nitrogen and oxygen atoms in total. The van der Waals surface area contributed by atoms with Crippen molar-refractivity contribution in [3.8, 4) is 0 Å². The molecular weight excluding hydrogens is 235 g/mol. The minimum atomic E-state index is -4.47. The van der Waals surface area contributed by atoms with Crippen LogP contribution in [0.2, 0.25) is 0 Å². The van der Waals surface area contributed by atoms with Gasteiger partial charge < -0.3 is 15.8 Å². The molecule has 0 radical (unpaired) electrons. The number of nitrogens with two attached hydrogens (primary N) is 1.